The number of carboxylic acids is 1. The maximum Gasteiger partial charge on any atom is 0.326 e. The number of rotatable bonds is 7. The predicted octanol–water partition coefficient (Wildman–Crippen LogP) is 3.77. The first-order valence-corrected chi connectivity index (χ1v) is 8.92. The van der Waals surface area contributed by atoms with E-state index in [1.54, 1.807) is 0 Å². The largest absolute Gasteiger partial charge is 0.480 e. The second kappa shape index (κ2) is 8.95. The third kappa shape index (κ3) is 4.82. The molecule has 2 N–H and O–H groups in total. The third-order valence-corrected chi connectivity index (χ3v) is 4.50. The molecule has 3 aromatic carbocycles. The molecule has 0 aliphatic rings. The van der Waals surface area contributed by atoms with Crippen LogP contribution in [0.15, 0.2) is 84.9 Å². The minimum absolute atomic E-state index is 0.0671. The lowest BCUT2D eigenvalue weighted by Gasteiger charge is -2.21. The van der Waals surface area contributed by atoms with Gasteiger partial charge in [-0.2, -0.15) is 0 Å². The van der Waals surface area contributed by atoms with Crippen LogP contribution in [0.4, 0.5) is 4.39 Å². The number of aliphatic carboxylic acids is 1. The Morgan fingerprint density at radius 3 is 1.79 bits per heavy atom. The van der Waals surface area contributed by atoms with Crippen molar-refractivity contribution in [2.45, 2.75) is 18.4 Å². The normalized spacial score (nSPS) is 11.8. The molecule has 3 aromatic rings. The highest BCUT2D eigenvalue weighted by Crippen LogP contribution is 2.25. The van der Waals surface area contributed by atoms with Gasteiger partial charge in [0, 0.05) is 6.42 Å². The Hall–Kier alpha value is -3.47. The quantitative estimate of drug-likeness (QED) is 0.659. The molecule has 0 unspecified atom stereocenters. The molecule has 0 aromatic heterocycles. The SMILES string of the molecule is O=C(N[C@H](Cc1ccc(F)cc1)C(=O)O)C(c1ccccc1)c1ccccc1. The molecule has 0 spiro atoms. The molecule has 5 heteroatoms. The number of carbonyl (C=O) groups is 2. The fraction of sp³-hybridized carbons (Fsp3) is 0.130. The monoisotopic (exact) mass is 377 g/mol. The zero-order valence-electron chi connectivity index (χ0n) is 15.1. The van der Waals surface area contributed by atoms with Crippen molar-refractivity contribution in [1.82, 2.24) is 5.32 Å². The second-order valence-corrected chi connectivity index (χ2v) is 6.48. The van der Waals surface area contributed by atoms with E-state index in [1.165, 1.54) is 24.3 Å². The van der Waals surface area contributed by atoms with Gasteiger partial charge in [0.2, 0.25) is 5.91 Å². The maximum atomic E-state index is 13.1. The highest BCUT2D eigenvalue weighted by Gasteiger charge is 2.27. The highest BCUT2D eigenvalue weighted by molar-refractivity contribution is 5.90. The lowest BCUT2D eigenvalue weighted by Crippen LogP contribution is -2.44. The van der Waals surface area contributed by atoms with Gasteiger partial charge in [-0.3, -0.25) is 4.79 Å². The van der Waals surface area contributed by atoms with Gasteiger partial charge in [-0.25, -0.2) is 9.18 Å². The Balaban J connectivity index is 1.85. The van der Waals surface area contributed by atoms with Crippen LogP contribution in [-0.4, -0.2) is 23.0 Å². The van der Waals surface area contributed by atoms with Crippen molar-refractivity contribution in [3.05, 3.63) is 107 Å². The van der Waals surface area contributed by atoms with Crippen molar-refractivity contribution in [3.8, 4) is 0 Å². The number of carbonyl (C=O) groups excluding carboxylic acids is 1. The second-order valence-electron chi connectivity index (χ2n) is 6.48. The Bertz CT molecular complexity index is 888. The van der Waals surface area contributed by atoms with Gasteiger partial charge in [0.15, 0.2) is 0 Å². The van der Waals surface area contributed by atoms with Crippen molar-refractivity contribution < 1.29 is 19.1 Å². The van der Waals surface area contributed by atoms with Crippen LogP contribution in [0, 0.1) is 5.82 Å². The Labute approximate surface area is 162 Å². The van der Waals surface area contributed by atoms with Crippen LogP contribution in [0.25, 0.3) is 0 Å². The van der Waals surface area contributed by atoms with Gasteiger partial charge in [-0.15, -0.1) is 0 Å². The van der Waals surface area contributed by atoms with Gasteiger partial charge < -0.3 is 10.4 Å². The Morgan fingerprint density at radius 2 is 1.32 bits per heavy atom. The van der Waals surface area contributed by atoms with Gasteiger partial charge in [-0.1, -0.05) is 72.8 Å². The fourth-order valence-electron chi connectivity index (χ4n) is 3.10. The van der Waals surface area contributed by atoms with Gasteiger partial charge >= 0.3 is 5.97 Å². The van der Waals surface area contributed by atoms with E-state index in [0.29, 0.717) is 5.56 Å². The Kier molecular flexibility index (Phi) is 6.17. The van der Waals surface area contributed by atoms with E-state index in [2.05, 4.69) is 5.32 Å². The summed E-state index contributed by atoms with van der Waals surface area (Å²) in [6, 6.07) is 22.9. The molecule has 4 nitrogen and oxygen atoms in total. The molecule has 0 fully saturated rings. The first-order chi connectivity index (χ1) is 13.5. The number of hydrogen-bond acceptors (Lipinski definition) is 2. The first kappa shape index (κ1) is 19.3. The van der Waals surface area contributed by atoms with Crippen LogP contribution in [0.3, 0.4) is 0 Å². The summed E-state index contributed by atoms with van der Waals surface area (Å²) in [5, 5.41) is 12.2. The van der Waals surface area contributed by atoms with Gasteiger partial charge in [-0.05, 0) is 28.8 Å². The Morgan fingerprint density at radius 1 is 0.821 bits per heavy atom. The van der Waals surface area contributed by atoms with Crippen LogP contribution >= 0.6 is 0 Å². The lowest BCUT2D eigenvalue weighted by molar-refractivity contribution is -0.141. The average Bonchev–Trinajstić information content (AvgIpc) is 2.71. The topological polar surface area (TPSA) is 66.4 Å². The van der Waals surface area contributed by atoms with Gasteiger partial charge in [0.25, 0.3) is 0 Å². The molecule has 1 amide bonds. The molecule has 0 heterocycles. The van der Waals surface area contributed by atoms with Crippen LogP contribution in [0.1, 0.15) is 22.6 Å². The molecule has 28 heavy (non-hydrogen) atoms. The molecule has 0 saturated heterocycles. The summed E-state index contributed by atoms with van der Waals surface area (Å²) in [4.78, 5) is 24.8. The first-order valence-electron chi connectivity index (χ1n) is 8.92. The van der Waals surface area contributed by atoms with E-state index in [9.17, 15) is 19.1 Å². The molecular weight excluding hydrogens is 357 g/mol. The average molecular weight is 377 g/mol. The van der Waals surface area contributed by atoms with Crippen molar-refractivity contribution >= 4 is 11.9 Å². The molecular formula is C23H20FNO3. The number of benzene rings is 3. The summed E-state index contributed by atoms with van der Waals surface area (Å²) in [5.41, 5.74) is 2.18. The summed E-state index contributed by atoms with van der Waals surface area (Å²) < 4.78 is 13.1. The summed E-state index contributed by atoms with van der Waals surface area (Å²) in [5.74, 6) is -2.56. The number of carboxylic acid groups (broad SMARTS) is 1. The number of amides is 1. The van der Waals surface area contributed by atoms with Crippen molar-refractivity contribution in [2.75, 3.05) is 0 Å². The summed E-state index contributed by atoms with van der Waals surface area (Å²) in [6.07, 6.45) is 0.0671. The van der Waals surface area contributed by atoms with E-state index < -0.39 is 29.7 Å². The fourth-order valence-corrected chi connectivity index (χ4v) is 3.10. The maximum absolute atomic E-state index is 13.1. The van der Waals surface area contributed by atoms with Gasteiger partial charge in [0.05, 0.1) is 5.92 Å². The van der Waals surface area contributed by atoms with Crippen LogP contribution in [0.5, 0.6) is 0 Å². The molecule has 0 saturated carbocycles. The zero-order chi connectivity index (χ0) is 19.9. The summed E-state index contributed by atoms with van der Waals surface area (Å²) >= 11 is 0. The minimum atomic E-state index is -1.14. The van der Waals surface area contributed by atoms with Crippen LogP contribution < -0.4 is 5.32 Å². The third-order valence-electron chi connectivity index (χ3n) is 4.50. The molecule has 0 bridgehead atoms. The molecule has 0 aliphatic heterocycles. The van der Waals surface area contributed by atoms with E-state index in [1.807, 2.05) is 60.7 Å². The van der Waals surface area contributed by atoms with Gasteiger partial charge in [0.1, 0.15) is 11.9 Å². The smallest absolute Gasteiger partial charge is 0.326 e. The zero-order valence-corrected chi connectivity index (χ0v) is 15.1. The number of nitrogens with one attached hydrogen (secondary N) is 1. The number of hydrogen-bond donors (Lipinski definition) is 2. The van der Waals surface area contributed by atoms with Crippen molar-refractivity contribution in [3.63, 3.8) is 0 Å². The molecule has 1 atom stereocenters. The van der Waals surface area contributed by atoms with E-state index in [4.69, 9.17) is 0 Å². The lowest BCUT2D eigenvalue weighted by atomic mass is 9.90. The van der Waals surface area contributed by atoms with Crippen molar-refractivity contribution in [1.29, 1.82) is 0 Å². The van der Waals surface area contributed by atoms with E-state index in [0.717, 1.165) is 11.1 Å². The molecule has 0 aliphatic carbocycles. The van der Waals surface area contributed by atoms with E-state index >= 15 is 0 Å². The number of halogens is 1. The van der Waals surface area contributed by atoms with Crippen LogP contribution in [0.2, 0.25) is 0 Å². The standard InChI is InChI=1S/C23H20FNO3/c24-19-13-11-16(12-14-19)15-20(23(27)28)25-22(26)21(17-7-3-1-4-8-17)18-9-5-2-6-10-18/h1-14,20-21H,15H2,(H,25,26)(H,27,28)/t20-/m1/s1. The predicted molar refractivity (Wildman–Crippen MR) is 104 cm³/mol. The van der Waals surface area contributed by atoms with Crippen LogP contribution in [-0.2, 0) is 16.0 Å². The summed E-state index contributed by atoms with van der Waals surface area (Å²) in [7, 11) is 0. The minimum Gasteiger partial charge on any atom is -0.480 e. The highest BCUT2D eigenvalue weighted by atomic mass is 19.1. The summed E-state index contributed by atoms with van der Waals surface area (Å²) in [6.45, 7) is 0. The molecule has 142 valence electrons. The molecule has 3 rings (SSSR count). The van der Waals surface area contributed by atoms with E-state index in [-0.39, 0.29) is 6.42 Å². The van der Waals surface area contributed by atoms with Crippen molar-refractivity contribution in [2.24, 2.45) is 0 Å². The molecule has 0 radical (unpaired) electrons.